The molecule has 2 aliphatic rings. The lowest BCUT2D eigenvalue weighted by Gasteiger charge is -2.35. The van der Waals surface area contributed by atoms with Gasteiger partial charge in [-0.1, -0.05) is 0 Å². The Kier molecular flexibility index (Phi) is 4.46. The number of halogens is 6. The Hall–Kier alpha value is -2.40. The van der Waals surface area contributed by atoms with Crippen molar-refractivity contribution in [3.8, 4) is 0 Å². The van der Waals surface area contributed by atoms with Crippen LogP contribution in [-0.2, 0) is 25.4 Å². The van der Waals surface area contributed by atoms with Crippen LogP contribution >= 0.6 is 0 Å². The minimum absolute atomic E-state index is 0.0419. The molecule has 5 nitrogen and oxygen atoms in total. The monoisotopic (exact) mass is 403 g/mol. The number of anilines is 2. The van der Waals surface area contributed by atoms with Crippen LogP contribution in [0.25, 0.3) is 0 Å². The molecule has 1 saturated heterocycles. The van der Waals surface area contributed by atoms with Crippen molar-refractivity contribution in [3.05, 3.63) is 46.8 Å². The average Bonchev–Trinajstić information content (AvgIpc) is 2.93. The van der Waals surface area contributed by atoms with Crippen molar-refractivity contribution >= 4 is 11.6 Å². The Labute approximate surface area is 155 Å². The van der Waals surface area contributed by atoms with E-state index < -0.39 is 23.5 Å². The van der Waals surface area contributed by atoms with Crippen molar-refractivity contribution in [2.24, 2.45) is 0 Å². The molecule has 28 heavy (non-hydrogen) atoms. The molecule has 2 aliphatic heterocycles. The number of benzene rings is 1. The number of hydrogen-bond acceptors (Lipinski definition) is 5. The van der Waals surface area contributed by atoms with E-state index in [1.165, 1.54) is 0 Å². The lowest BCUT2D eigenvalue weighted by atomic mass is 10.1. The largest absolute Gasteiger partial charge is 0.416 e. The number of nitrogens with one attached hydrogen (secondary N) is 2. The van der Waals surface area contributed by atoms with Gasteiger partial charge in [0.25, 0.3) is 0 Å². The van der Waals surface area contributed by atoms with Crippen LogP contribution < -0.4 is 10.6 Å². The Morgan fingerprint density at radius 1 is 0.964 bits per heavy atom. The summed E-state index contributed by atoms with van der Waals surface area (Å²) in [5.74, 6) is -0.0419. The molecule has 150 valence electrons. The van der Waals surface area contributed by atoms with Crippen molar-refractivity contribution < 1.29 is 26.3 Å². The SMILES string of the molecule is FC(F)(F)c1cc(Nc2ncc3c(n2)CN(C2CNC2)C3)cc(C(F)(F)F)c1. The first-order valence-corrected chi connectivity index (χ1v) is 8.46. The maximum absolute atomic E-state index is 13.0. The van der Waals surface area contributed by atoms with E-state index in [4.69, 9.17) is 0 Å². The zero-order valence-corrected chi connectivity index (χ0v) is 14.3. The summed E-state index contributed by atoms with van der Waals surface area (Å²) in [7, 11) is 0. The summed E-state index contributed by atoms with van der Waals surface area (Å²) in [4.78, 5) is 10.5. The van der Waals surface area contributed by atoms with Gasteiger partial charge in [-0.05, 0) is 18.2 Å². The molecule has 3 heterocycles. The van der Waals surface area contributed by atoms with Crippen LogP contribution in [-0.4, -0.2) is 34.0 Å². The van der Waals surface area contributed by atoms with E-state index in [1.54, 1.807) is 6.20 Å². The van der Waals surface area contributed by atoms with Gasteiger partial charge in [0.2, 0.25) is 5.95 Å². The van der Waals surface area contributed by atoms with Gasteiger partial charge in [-0.3, -0.25) is 4.90 Å². The number of aromatic nitrogens is 2. The van der Waals surface area contributed by atoms with Crippen molar-refractivity contribution in [3.63, 3.8) is 0 Å². The zero-order chi connectivity index (χ0) is 20.1. The molecule has 4 rings (SSSR count). The van der Waals surface area contributed by atoms with Crippen molar-refractivity contribution in [1.29, 1.82) is 0 Å². The van der Waals surface area contributed by atoms with Crippen LogP contribution in [0.4, 0.5) is 38.0 Å². The maximum Gasteiger partial charge on any atom is 0.416 e. The molecule has 0 unspecified atom stereocenters. The van der Waals surface area contributed by atoms with Gasteiger partial charge in [0.15, 0.2) is 0 Å². The number of fused-ring (bicyclic) bond motifs is 1. The van der Waals surface area contributed by atoms with E-state index in [9.17, 15) is 26.3 Å². The van der Waals surface area contributed by atoms with E-state index >= 15 is 0 Å². The molecule has 2 N–H and O–H groups in total. The number of hydrogen-bond donors (Lipinski definition) is 2. The quantitative estimate of drug-likeness (QED) is 0.768. The van der Waals surface area contributed by atoms with Crippen LogP contribution in [0.1, 0.15) is 22.4 Å². The standard InChI is InChI=1S/C17H15F6N5/c18-16(19,20)10-1-11(17(21,22)23)3-12(2-10)26-15-25-4-9-7-28(8-14(9)27-15)13-5-24-6-13/h1-4,13,24H,5-8H2,(H,25,26,27). The first kappa shape index (κ1) is 18.9. The lowest BCUT2D eigenvalue weighted by molar-refractivity contribution is -0.143. The molecule has 2 aromatic rings. The van der Waals surface area contributed by atoms with E-state index in [-0.39, 0.29) is 17.7 Å². The average molecular weight is 403 g/mol. The lowest BCUT2D eigenvalue weighted by Crippen LogP contribution is -2.55. The summed E-state index contributed by atoms with van der Waals surface area (Å²) in [5, 5.41) is 5.65. The second-order valence-electron chi connectivity index (χ2n) is 6.80. The topological polar surface area (TPSA) is 53.1 Å². The third kappa shape index (κ3) is 3.76. The molecule has 1 aromatic heterocycles. The fourth-order valence-electron chi connectivity index (χ4n) is 3.18. The van der Waals surface area contributed by atoms with Gasteiger partial charge in [0, 0.05) is 49.7 Å². The highest BCUT2D eigenvalue weighted by atomic mass is 19.4. The van der Waals surface area contributed by atoms with Gasteiger partial charge in [0.05, 0.1) is 16.8 Å². The van der Waals surface area contributed by atoms with E-state index in [0.29, 0.717) is 37.0 Å². The molecule has 0 saturated carbocycles. The molecule has 0 radical (unpaired) electrons. The van der Waals surface area contributed by atoms with E-state index in [1.807, 2.05) is 0 Å². The van der Waals surface area contributed by atoms with Gasteiger partial charge in [-0.2, -0.15) is 26.3 Å². The molecule has 0 spiro atoms. The highest BCUT2D eigenvalue weighted by molar-refractivity contribution is 5.57. The highest BCUT2D eigenvalue weighted by Gasteiger charge is 2.37. The Morgan fingerprint density at radius 3 is 2.14 bits per heavy atom. The fraction of sp³-hybridized carbons (Fsp3) is 0.412. The Morgan fingerprint density at radius 2 is 1.61 bits per heavy atom. The van der Waals surface area contributed by atoms with E-state index in [2.05, 4.69) is 25.5 Å². The minimum atomic E-state index is -4.91. The summed E-state index contributed by atoms with van der Waals surface area (Å²) in [6, 6.07) is 1.69. The first-order chi connectivity index (χ1) is 13.1. The predicted molar refractivity (Wildman–Crippen MR) is 87.7 cm³/mol. The molecule has 0 amide bonds. The second-order valence-corrected chi connectivity index (χ2v) is 6.80. The molecule has 11 heteroatoms. The smallest absolute Gasteiger partial charge is 0.324 e. The first-order valence-electron chi connectivity index (χ1n) is 8.46. The van der Waals surface area contributed by atoms with Crippen LogP contribution in [0.15, 0.2) is 24.4 Å². The van der Waals surface area contributed by atoms with Crippen LogP contribution in [0.3, 0.4) is 0 Å². The summed E-state index contributed by atoms with van der Waals surface area (Å²) < 4.78 is 77.9. The van der Waals surface area contributed by atoms with Gasteiger partial charge in [0.1, 0.15) is 0 Å². The Balaban J connectivity index is 1.59. The highest BCUT2D eigenvalue weighted by Crippen LogP contribution is 2.38. The number of rotatable bonds is 3. The number of nitrogens with zero attached hydrogens (tertiary/aromatic N) is 3. The third-order valence-electron chi connectivity index (χ3n) is 4.80. The maximum atomic E-state index is 13.0. The molecule has 1 aromatic carbocycles. The van der Waals surface area contributed by atoms with Gasteiger partial charge in [-0.15, -0.1) is 0 Å². The minimum Gasteiger partial charge on any atom is -0.324 e. The Bertz CT molecular complexity index is 858. The predicted octanol–water partition coefficient (Wildman–Crippen LogP) is 3.55. The van der Waals surface area contributed by atoms with Gasteiger partial charge < -0.3 is 10.6 Å². The summed E-state index contributed by atoms with van der Waals surface area (Å²) in [5.41, 5.74) is -1.55. The van der Waals surface area contributed by atoms with Crippen LogP contribution in [0.2, 0.25) is 0 Å². The van der Waals surface area contributed by atoms with E-state index in [0.717, 1.165) is 18.7 Å². The molecular formula is C17H15F6N5. The van der Waals surface area contributed by atoms with Gasteiger partial charge >= 0.3 is 12.4 Å². The summed E-state index contributed by atoms with van der Waals surface area (Å²) in [6.45, 7) is 2.98. The fourth-order valence-corrected chi connectivity index (χ4v) is 3.18. The molecule has 0 bridgehead atoms. The van der Waals surface area contributed by atoms with Crippen molar-refractivity contribution in [2.75, 3.05) is 18.4 Å². The summed E-state index contributed by atoms with van der Waals surface area (Å²) >= 11 is 0. The van der Waals surface area contributed by atoms with Crippen LogP contribution in [0.5, 0.6) is 0 Å². The van der Waals surface area contributed by atoms with Crippen molar-refractivity contribution in [2.45, 2.75) is 31.5 Å². The molecular weight excluding hydrogens is 388 g/mol. The normalized spacial score (nSPS) is 18.1. The molecule has 0 aliphatic carbocycles. The molecule has 1 fully saturated rings. The van der Waals surface area contributed by atoms with Crippen LogP contribution in [0, 0.1) is 0 Å². The van der Waals surface area contributed by atoms with Crippen molar-refractivity contribution in [1.82, 2.24) is 20.2 Å². The second kappa shape index (κ2) is 6.59. The van der Waals surface area contributed by atoms with Gasteiger partial charge in [-0.25, -0.2) is 9.97 Å². The third-order valence-corrected chi connectivity index (χ3v) is 4.80. The number of alkyl halides is 6. The molecule has 0 atom stereocenters. The summed E-state index contributed by atoms with van der Waals surface area (Å²) in [6.07, 6.45) is -8.27. The zero-order valence-electron chi connectivity index (χ0n) is 14.3.